The van der Waals surface area contributed by atoms with E-state index in [1.54, 1.807) is 6.20 Å². The molecule has 4 aromatic rings. The SMILES string of the molecule is Cc1cccc(N2C(=S)N[C@H](c3ccccn3)[C@H]2c2ccc(-c3cc(Cl)ccc3C)o2)c1. The molecule has 32 heavy (non-hydrogen) atoms. The summed E-state index contributed by atoms with van der Waals surface area (Å²) in [5.41, 5.74) is 5.18. The zero-order valence-corrected chi connectivity index (χ0v) is 19.3. The van der Waals surface area contributed by atoms with Gasteiger partial charge in [0.1, 0.15) is 17.6 Å². The highest BCUT2D eigenvalue weighted by Crippen LogP contribution is 2.43. The Morgan fingerprint density at radius 1 is 1.00 bits per heavy atom. The van der Waals surface area contributed by atoms with Gasteiger partial charge in [0, 0.05) is 22.5 Å². The largest absolute Gasteiger partial charge is 0.459 e. The fourth-order valence-electron chi connectivity index (χ4n) is 4.22. The lowest BCUT2D eigenvalue weighted by Crippen LogP contribution is -2.29. The van der Waals surface area contributed by atoms with Crippen LogP contribution in [0.15, 0.2) is 83.4 Å². The molecule has 0 unspecified atom stereocenters. The normalized spacial score (nSPS) is 18.1. The zero-order chi connectivity index (χ0) is 22.2. The Labute approximate surface area is 197 Å². The average Bonchev–Trinajstić information content (AvgIpc) is 3.40. The van der Waals surface area contributed by atoms with Gasteiger partial charge in [-0.1, -0.05) is 35.9 Å². The summed E-state index contributed by atoms with van der Waals surface area (Å²) in [5.74, 6) is 1.59. The van der Waals surface area contributed by atoms with E-state index in [1.807, 2.05) is 54.6 Å². The van der Waals surface area contributed by atoms with Gasteiger partial charge in [-0.25, -0.2) is 0 Å². The lowest BCUT2D eigenvalue weighted by atomic mass is 10.0. The van der Waals surface area contributed by atoms with Crippen molar-refractivity contribution in [3.05, 3.63) is 107 Å². The number of anilines is 1. The molecular weight excluding hydrogens is 438 g/mol. The molecule has 0 spiro atoms. The summed E-state index contributed by atoms with van der Waals surface area (Å²) >= 11 is 12.0. The average molecular weight is 460 g/mol. The Morgan fingerprint density at radius 3 is 2.66 bits per heavy atom. The van der Waals surface area contributed by atoms with Crippen LogP contribution in [0, 0.1) is 13.8 Å². The molecule has 0 radical (unpaired) electrons. The quantitative estimate of drug-likeness (QED) is 0.340. The molecule has 160 valence electrons. The maximum Gasteiger partial charge on any atom is 0.174 e. The predicted octanol–water partition coefficient (Wildman–Crippen LogP) is 6.79. The molecule has 2 atom stereocenters. The van der Waals surface area contributed by atoms with E-state index in [2.05, 4.69) is 47.2 Å². The van der Waals surface area contributed by atoms with E-state index in [0.717, 1.165) is 34.0 Å². The molecule has 0 aliphatic carbocycles. The molecule has 0 amide bonds. The second-order valence-corrected chi connectivity index (χ2v) is 8.82. The smallest absolute Gasteiger partial charge is 0.174 e. The highest BCUT2D eigenvalue weighted by atomic mass is 35.5. The summed E-state index contributed by atoms with van der Waals surface area (Å²) in [4.78, 5) is 6.72. The monoisotopic (exact) mass is 459 g/mol. The molecule has 2 aromatic heterocycles. The third-order valence-corrected chi connectivity index (χ3v) is 6.31. The van der Waals surface area contributed by atoms with Crippen molar-refractivity contribution in [1.29, 1.82) is 0 Å². The van der Waals surface area contributed by atoms with Crippen molar-refractivity contribution in [2.75, 3.05) is 4.90 Å². The Balaban J connectivity index is 1.62. The zero-order valence-electron chi connectivity index (χ0n) is 17.7. The predicted molar refractivity (Wildman–Crippen MR) is 133 cm³/mol. The molecule has 4 nitrogen and oxygen atoms in total. The van der Waals surface area contributed by atoms with Crippen LogP contribution < -0.4 is 10.2 Å². The van der Waals surface area contributed by atoms with Crippen molar-refractivity contribution in [1.82, 2.24) is 10.3 Å². The molecule has 1 N–H and O–H groups in total. The standard InChI is InChI=1S/C26H22ClN3OS/c1-16-6-5-7-19(14-16)30-25(24(29-26(30)32)21-8-3-4-13-28-21)23-12-11-22(31-23)20-15-18(27)10-9-17(20)2/h3-15,24-25H,1-2H3,(H,29,32)/t24-,25-/m1/s1. The van der Waals surface area contributed by atoms with E-state index in [0.29, 0.717) is 10.1 Å². The highest BCUT2D eigenvalue weighted by Gasteiger charge is 2.42. The lowest BCUT2D eigenvalue weighted by Gasteiger charge is -2.26. The minimum absolute atomic E-state index is 0.149. The van der Waals surface area contributed by atoms with Crippen LogP contribution in [-0.2, 0) is 0 Å². The molecule has 2 aromatic carbocycles. The number of nitrogens with zero attached hydrogens (tertiary/aromatic N) is 2. The van der Waals surface area contributed by atoms with Crippen LogP contribution in [0.3, 0.4) is 0 Å². The first-order valence-electron chi connectivity index (χ1n) is 10.4. The minimum Gasteiger partial charge on any atom is -0.459 e. The molecule has 1 aliphatic heterocycles. The summed E-state index contributed by atoms with van der Waals surface area (Å²) < 4.78 is 6.44. The van der Waals surface area contributed by atoms with Gasteiger partial charge in [-0.3, -0.25) is 4.98 Å². The number of hydrogen-bond acceptors (Lipinski definition) is 3. The van der Waals surface area contributed by atoms with Crippen LogP contribution in [-0.4, -0.2) is 10.1 Å². The topological polar surface area (TPSA) is 41.3 Å². The summed E-state index contributed by atoms with van der Waals surface area (Å²) in [6, 6.07) is 23.7. The van der Waals surface area contributed by atoms with Gasteiger partial charge in [-0.2, -0.15) is 0 Å². The Morgan fingerprint density at radius 2 is 1.88 bits per heavy atom. The summed E-state index contributed by atoms with van der Waals surface area (Å²) in [6.45, 7) is 4.13. The molecule has 1 aliphatic rings. The molecule has 1 saturated heterocycles. The first kappa shape index (κ1) is 20.7. The number of thiocarbonyl (C=S) groups is 1. The molecule has 6 heteroatoms. The van der Waals surface area contributed by atoms with Crippen molar-refractivity contribution in [3.63, 3.8) is 0 Å². The Hall–Kier alpha value is -3.15. The molecule has 0 bridgehead atoms. The Kier molecular flexibility index (Phi) is 5.45. The number of hydrogen-bond donors (Lipinski definition) is 1. The highest BCUT2D eigenvalue weighted by molar-refractivity contribution is 7.80. The Bertz CT molecular complexity index is 1290. The maximum absolute atomic E-state index is 6.44. The van der Waals surface area contributed by atoms with Crippen molar-refractivity contribution in [2.24, 2.45) is 0 Å². The molecule has 1 fully saturated rings. The van der Waals surface area contributed by atoms with Gasteiger partial charge in [0.15, 0.2) is 5.11 Å². The van der Waals surface area contributed by atoms with E-state index in [4.69, 9.17) is 28.2 Å². The van der Waals surface area contributed by atoms with Crippen molar-refractivity contribution < 1.29 is 4.42 Å². The number of furan rings is 1. The number of pyridine rings is 1. The van der Waals surface area contributed by atoms with Gasteiger partial charge in [0.05, 0.1) is 11.7 Å². The van der Waals surface area contributed by atoms with Crippen LogP contribution in [0.4, 0.5) is 5.69 Å². The van der Waals surface area contributed by atoms with Gasteiger partial charge < -0.3 is 14.6 Å². The van der Waals surface area contributed by atoms with Gasteiger partial charge in [-0.15, -0.1) is 0 Å². The van der Waals surface area contributed by atoms with Crippen LogP contribution in [0.5, 0.6) is 0 Å². The number of rotatable bonds is 4. The van der Waals surface area contributed by atoms with Crippen LogP contribution in [0.25, 0.3) is 11.3 Å². The summed E-state index contributed by atoms with van der Waals surface area (Å²) in [5, 5.41) is 4.80. The number of aryl methyl sites for hydroxylation is 2. The van der Waals surface area contributed by atoms with E-state index in [-0.39, 0.29) is 12.1 Å². The summed E-state index contributed by atoms with van der Waals surface area (Å²) in [6.07, 6.45) is 1.80. The van der Waals surface area contributed by atoms with Gasteiger partial charge in [0.25, 0.3) is 0 Å². The maximum atomic E-state index is 6.44. The van der Waals surface area contributed by atoms with Crippen LogP contribution in [0.2, 0.25) is 5.02 Å². The van der Waals surface area contributed by atoms with Gasteiger partial charge in [-0.05, 0) is 85.7 Å². The molecule has 5 rings (SSSR count). The van der Waals surface area contributed by atoms with Crippen molar-refractivity contribution >= 4 is 34.6 Å². The second kappa shape index (κ2) is 8.41. The fourth-order valence-corrected chi connectivity index (χ4v) is 4.73. The van der Waals surface area contributed by atoms with Crippen LogP contribution >= 0.6 is 23.8 Å². The van der Waals surface area contributed by atoms with Crippen LogP contribution in [0.1, 0.15) is 34.7 Å². The van der Waals surface area contributed by atoms with E-state index < -0.39 is 0 Å². The first-order chi connectivity index (χ1) is 15.5. The fraction of sp³-hybridized carbons (Fsp3) is 0.154. The van der Waals surface area contributed by atoms with Gasteiger partial charge >= 0.3 is 0 Å². The molecular formula is C26H22ClN3OS. The molecule has 3 heterocycles. The third kappa shape index (κ3) is 3.78. The van der Waals surface area contributed by atoms with E-state index in [9.17, 15) is 0 Å². The van der Waals surface area contributed by atoms with Crippen molar-refractivity contribution in [3.8, 4) is 11.3 Å². The number of benzene rings is 2. The summed E-state index contributed by atoms with van der Waals surface area (Å²) in [7, 11) is 0. The lowest BCUT2D eigenvalue weighted by molar-refractivity contribution is 0.439. The third-order valence-electron chi connectivity index (χ3n) is 5.76. The minimum atomic E-state index is -0.188. The first-order valence-corrected chi connectivity index (χ1v) is 11.2. The van der Waals surface area contributed by atoms with Gasteiger partial charge in [0.2, 0.25) is 0 Å². The number of halogens is 1. The number of nitrogens with one attached hydrogen (secondary N) is 1. The van der Waals surface area contributed by atoms with Crippen molar-refractivity contribution in [2.45, 2.75) is 25.9 Å². The molecule has 0 saturated carbocycles. The second-order valence-electron chi connectivity index (χ2n) is 8.00. The van der Waals surface area contributed by atoms with E-state index >= 15 is 0 Å². The number of aromatic nitrogens is 1. The van der Waals surface area contributed by atoms with E-state index in [1.165, 1.54) is 5.56 Å².